The number of halogens is 3. The van der Waals surface area contributed by atoms with Crippen LogP contribution in [0.5, 0.6) is 0 Å². The topological polar surface area (TPSA) is 62.6 Å². The van der Waals surface area contributed by atoms with Crippen molar-refractivity contribution in [1.29, 1.82) is 0 Å². The first-order valence-electron chi connectivity index (χ1n) is 6.82. The summed E-state index contributed by atoms with van der Waals surface area (Å²) in [7, 11) is 0. The van der Waals surface area contributed by atoms with E-state index in [0.29, 0.717) is 13.1 Å². The Balaban J connectivity index is 2.40. The standard InChI is InChI=1S/C14H18F3N3O2/c1-2-20(8-11-6-4-3-5-7-11)9-12(21)19-13(22)18-10-14(15,16)17/h3-7H,2,8-10H2,1H3,(H2,18,19,21,22)/p+1. The van der Waals surface area contributed by atoms with Crippen molar-refractivity contribution in [2.45, 2.75) is 19.6 Å². The Morgan fingerprint density at radius 2 is 1.82 bits per heavy atom. The van der Waals surface area contributed by atoms with Crippen molar-refractivity contribution >= 4 is 11.9 Å². The van der Waals surface area contributed by atoms with E-state index >= 15 is 0 Å². The summed E-state index contributed by atoms with van der Waals surface area (Å²) in [6, 6.07) is 8.35. The smallest absolute Gasteiger partial charge is 0.329 e. The van der Waals surface area contributed by atoms with E-state index in [1.54, 1.807) is 5.32 Å². The summed E-state index contributed by atoms with van der Waals surface area (Å²) in [4.78, 5) is 23.7. The monoisotopic (exact) mass is 318 g/mol. The molecule has 0 saturated heterocycles. The fourth-order valence-electron chi connectivity index (χ4n) is 1.82. The maximum atomic E-state index is 11.9. The molecule has 0 aromatic heterocycles. The largest absolute Gasteiger partial charge is 0.405 e. The molecule has 22 heavy (non-hydrogen) atoms. The third kappa shape index (κ3) is 7.63. The van der Waals surface area contributed by atoms with Crippen LogP contribution in [0.4, 0.5) is 18.0 Å². The van der Waals surface area contributed by atoms with Gasteiger partial charge in [-0.05, 0) is 6.92 Å². The zero-order chi connectivity index (χ0) is 16.6. The number of carbonyl (C=O) groups is 2. The van der Waals surface area contributed by atoms with Gasteiger partial charge in [-0.3, -0.25) is 10.1 Å². The Morgan fingerprint density at radius 1 is 1.18 bits per heavy atom. The lowest BCUT2D eigenvalue weighted by Crippen LogP contribution is -3.11. The van der Waals surface area contributed by atoms with Gasteiger partial charge in [0, 0.05) is 5.56 Å². The molecular weight excluding hydrogens is 299 g/mol. The molecule has 1 aromatic carbocycles. The van der Waals surface area contributed by atoms with E-state index in [1.807, 2.05) is 42.6 Å². The lowest BCUT2D eigenvalue weighted by Gasteiger charge is -2.17. The number of nitrogens with one attached hydrogen (secondary N) is 3. The van der Waals surface area contributed by atoms with Crippen LogP contribution in [-0.2, 0) is 11.3 Å². The second-order valence-corrected chi connectivity index (χ2v) is 4.79. The van der Waals surface area contributed by atoms with Crippen LogP contribution in [0.15, 0.2) is 30.3 Å². The molecule has 0 aliphatic carbocycles. The quantitative estimate of drug-likeness (QED) is 0.714. The predicted molar refractivity (Wildman–Crippen MR) is 74.1 cm³/mol. The van der Waals surface area contributed by atoms with Gasteiger partial charge in [-0.15, -0.1) is 0 Å². The number of alkyl halides is 3. The molecule has 8 heteroatoms. The molecule has 122 valence electrons. The van der Waals surface area contributed by atoms with Gasteiger partial charge in [0.1, 0.15) is 13.1 Å². The van der Waals surface area contributed by atoms with Crippen molar-refractivity contribution in [3.8, 4) is 0 Å². The fraction of sp³-hybridized carbons (Fsp3) is 0.429. The van der Waals surface area contributed by atoms with E-state index in [-0.39, 0.29) is 6.54 Å². The molecule has 1 aromatic rings. The molecule has 0 aliphatic rings. The number of hydrogen-bond donors (Lipinski definition) is 3. The summed E-state index contributed by atoms with van der Waals surface area (Å²) in [6.07, 6.45) is -4.51. The first-order chi connectivity index (χ1) is 10.3. The SMILES string of the molecule is CC[NH+](CC(=O)NC(=O)NCC(F)(F)F)Cc1ccccc1. The van der Waals surface area contributed by atoms with Crippen LogP contribution in [0, 0.1) is 0 Å². The number of carbonyl (C=O) groups excluding carboxylic acids is 2. The molecule has 3 amide bonds. The van der Waals surface area contributed by atoms with Gasteiger partial charge >= 0.3 is 12.2 Å². The third-order valence-electron chi connectivity index (χ3n) is 2.91. The lowest BCUT2D eigenvalue weighted by molar-refractivity contribution is -0.904. The summed E-state index contributed by atoms with van der Waals surface area (Å²) in [5, 5.41) is 3.48. The molecule has 0 heterocycles. The molecule has 0 spiro atoms. The molecule has 0 radical (unpaired) electrons. The molecule has 1 rings (SSSR count). The highest BCUT2D eigenvalue weighted by molar-refractivity contribution is 5.94. The van der Waals surface area contributed by atoms with Crippen LogP contribution in [0.3, 0.4) is 0 Å². The van der Waals surface area contributed by atoms with Crippen molar-refractivity contribution in [1.82, 2.24) is 10.6 Å². The summed E-state index contributed by atoms with van der Waals surface area (Å²) in [5.74, 6) is -0.618. The maximum Gasteiger partial charge on any atom is 0.405 e. The van der Waals surface area contributed by atoms with E-state index in [2.05, 4.69) is 0 Å². The van der Waals surface area contributed by atoms with Crippen LogP contribution in [0.1, 0.15) is 12.5 Å². The van der Waals surface area contributed by atoms with E-state index in [0.717, 1.165) is 10.5 Å². The van der Waals surface area contributed by atoms with Crippen LogP contribution in [0.25, 0.3) is 0 Å². The minimum Gasteiger partial charge on any atom is -0.329 e. The van der Waals surface area contributed by atoms with E-state index in [9.17, 15) is 22.8 Å². The van der Waals surface area contributed by atoms with Gasteiger partial charge in [0.25, 0.3) is 5.91 Å². The van der Waals surface area contributed by atoms with Crippen molar-refractivity contribution in [2.24, 2.45) is 0 Å². The number of rotatable bonds is 6. The summed E-state index contributed by atoms with van der Waals surface area (Å²) in [5.41, 5.74) is 1.04. The second kappa shape index (κ2) is 8.38. The third-order valence-corrected chi connectivity index (χ3v) is 2.91. The van der Waals surface area contributed by atoms with E-state index in [1.165, 1.54) is 0 Å². The predicted octanol–water partition coefficient (Wildman–Crippen LogP) is 0.480. The van der Waals surface area contributed by atoms with Gasteiger partial charge < -0.3 is 10.2 Å². The van der Waals surface area contributed by atoms with Gasteiger partial charge in [0.05, 0.1) is 6.54 Å². The fourth-order valence-corrected chi connectivity index (χ4v) is 1.82. The molecule has 0 aliphatic heterocycles. The Bertz CT molecular complexity index is 492. The van der Waals surface area contributed by atoms with Crippen LogP contribution in [0.2, 0.25) is 0 Å². The average Bonchev–Trinajstić information content (AvgIpc) is 2.44. The summed E-state index contributed by atoms with van der Waals surface area (Å²) < 4.78 is 35.8. The molecular formula is C14H19F3N3O2+. The zero-order valence-corrected chi connectivity index (χ0v) is 12.2. The second-order valence-electron chi connectivity index (χ2n) is 4.79. The van der Waals surface area contributed by atoms with Gasteiger partial charge in [-0.1, -0.05) is 30.3 Å². The van der Waals surface area contributed by atoms with Crippen molar-refractivity contribution in [3.63, 3.8) is 0 Å². The van der Waals surface area contributed by atoms with Gasteiger partial charge in [0.2, 0.25) is 0 Å². The molecule has 1 unspecified atom stereocenters. The van der Waals surface area contributed by atoms with Gasteiger partial charge in [-0.2, -0.15) is 13.2 Å². The number of benzene rings is 1. The highest BCUT2D eigenvalue weighted by Gasteiger charge is 2.28. The Morgan fingerprint density at radius 3 is 2.36 bits per heavy atom. The molecule has 5 nitrogen and oxygen atoms in total. The van der Waals surface area contributed by atoms with Crippen molar-refractivity contribution in [2.75, 3.05) is 19.6 Å². The average molecular weight is 318 g/mol. The first-order valence-corrected chi connectivity index (χ1v) is 6.82. The summed E-state index contributed by atoms with van der Waals surface area (Å²) >= 11 is 0. The number of amides is 3. The highest BCUT2D eigenvalue weighted by atomic mass is 19.4. The zero-order valence-electron chi connectivity index (χ0n) is 12.2. The first kappa shape index (κ1) is 18.0. The Kier molecular flexibility index (Phi) is 6.84. The minimum absolute atomic E-state index is 0.00479. The van der Waals surface area contributed by atoms with Crippen molar-refractivity contribution < 1.29 is 27.7 Å². The number of quaternary nitrogens is 1. The number of imide groups is 1. The van der Waals surface area contributed by atoms with E-state index in [4.69, 9.17) is 0 Å². The van der Waals surface area contributed by atoms with Crippen LogP contribution in [-0.4, -0.2) is 37.7 Å². The highest BCUT2D eigenvalue weighted by Crippen LogP contribution is 2.11. The summed E-state index contributed by atoms with van der Waals surface area (Å²) in [6.45, 7) is 1.65. The number of likely N-dealkylation sites (N-methyl/N-ethyl adjacent to an activating group) is 1. The molecule has 3 N–H and O–H groups in total. The Hall–Kier alpha value is -2.09. The molecule has 0 fully saturated rings. The maximum absolute atomic E-state index is 11.9. The molecule has 1 atom stereocenters. The van der Waals surface area contributed by atoms with Crippen LogP contribution < -0.4 is 15.5 Å². The van der Waals surface area contributed by atoms with Crippen molar-refractivity contribution in [3.05, 3.63) is 35.9 Å². The molecule has 0 saturated carbocycles. The van der Waals surface area contributed by atoms with Gasteiger partial charge in [0.15, 0.2) is 6.54 Å². The number of urea groups is 1. The van der Waals surface area contributed by atoms with E-state index < -0.39 is 24.7 Å². The molecule has 0 bridgehead atoms. The number of hydrogen-bond acceptors (Lipinski definition) is 2. The lowest BCUT2D eigenvalue weighted by atomic mass is 10.2. The normalized spacial score (nSPS) is 12.5. The van der Waals surface area contributed by atoms with Crippen LogP contribution >= 0.6 is 0 Å². The minimum atomic E-state index is -4.51. The van der Waals surface area contributed by atoms with Gasteiger partial charge in [-0.25, -0.2) is 4.79 Å². The Labute approximate surface area is 126 Å².